The molecule has 0 radical (unpaired) electrons. The molecule has 0 saturated heterocycles. The van der Waals surface area contributed by atoms with E-state index in [2.05, 4.69) is 5.32 Å². The Morgan fingerprint density at radius 1 is 1.30 bits per heavy atom. The lowest BCUT2D eigenvalue weighted by atomic mass is 10.1. The van der Waals surface area contributed by atoms with Crippen LogP contribution in [0.2, 0.25) is 0 Å². The summed E-state index contributed by atoms with van der Waals surface area (Å²) in [6.45, 7) is 1.96. The lowest BCUT2D eigenvalue weighted by Crippen LogP contribution is -2.14. The quantitative estimate of drug-likeness (QED) is 0.929. The van der Waals surface area contributed by atoms with Gasteiger partial charge in [-0.1, -0.05) is 29.8 Å². The predicted octanol–water partition coefficient (Wildman–Crippen LogP) is 3.19. The Morgan fingerprint density at radius 3 is 2.80 bits per heavy atom. The van der Waals surface area contributed by atoms with E-state index >= 15 is 0 Å². The standard InChI is InChI=1S/C16H13FN2O/c1-11-3-2-4-12(7-11)8-16(20)19-14-5-6-15(17)13(9-14)10-18/h2-7,9H,8H2,1H3,(H,19,20). The molecule has 20 heavy (non-hydrogen) atoms. The Balaban J connectivity index is 2.07. The average Bonchev–Trinajstić information content (AvgIpc) is 2.41. The fourth-order valence-electron chi connectivity index (χ4n) is 1.90. The summed E-state index contributed by atoms with van der Waals surface area (Å²) in [5, 5.41) is 11.4. The zero-order chi connectivity index (χ0) is 14.5. The number of amides is 1. The SMILES string of the molecule is Cc1cccc(CC(=O)Nc2ccc(F)c(C#N)c2)c1. The van der Waals surface area contributed by atoms with Gasteiger partial charge < -0.3 is 5.32 Å². The van der Waals surface area contributed by atoms with Crippen molar-refractivity contribution < 1.29 is 9.18 Å². The molecule has 1 amide bonds. The Kier molecular flexibility index (Phi) is 4.11. The van der Waals surface area contributed by atoms with E-state index < -0.39 is 5.82 Å². The van der Waals surface area contributed by atoms with Crippen LogP contribution in [0.15, 0.2) is 42.5 Å². The molecule has 0 aliphatic heterocycles. The number of hydrogen-bond donors (Lipinski definition) is 1. The summed E-state index contributed by atoms with van der Waals surface area (Å²) in [5.74, 6) is -0.796. The van der Waals surface area contributed by atoms with Crippen molar-refractivity contribution >= 4 is 11.6 Å². The van der Waals surface area contributed by atoms with Gasteiger partial charge in [0.05, 0.1) is 12.0 Å². The van der Waals surface area contributed by atoms with Crippen molar-refractivity contribution in [2.75, 3.05) is 5.32 Å². The Labute approximate surface area is 116 Å². The van der Waals surface area contributed by atoms with Crippen LogP contribution in [-0.2, 0) is 11.2 Å². The minimum Gasteiger partial charge on any atom is -0.326 e. The molecule has 4 heteroatoms. The highest BCUT2D eigenvalue weighted by atomic mass is 19.1. The van der Waals surface area contributed by atoms with Crippen LogP contribution in [0, 0.1) is 24.1 Å². The molecular weight excluding hydrogens is 255 g/mol. The zero-order valence-corrected chi connectivity index (χ0v) is 11.0. The molecule has 0 spiro atoms. The van der Waals surface area contributed by atoms with Crippen molar-refractivity contribution in [3.8, 4) is 6.07 Å². The van der Waals surface area contributed by atoms with Crippen molar-refractivity contribution in [3.05, 3.63) is 65.0 Å². The van der Waals surface area contributed by atoms with Gasteiger partial charge in [0.25, 0.3) is 0 Å². The molecule has 2 aromatic carbocycles. The smallest absolute Gasteiger partial charge is 0.228 e. The number of benzene rings is 2. The second-order valence-electron chi connectivity index (χ2n) is 4.52. The number of anilines is 1. The molecule has 1 N–H and O–H groups in total. The first-order valence-electron chi connectivity index (χ1n) is 6.13. The number of halogens is 1. The van der Waals surface area contributed by atoms with Crippen LogP contribution in [0.1, 0.15) is 16.7 Å². The van der Waals surface area contributed by atoms with Crippen LogP contribution in [0.5, 0.6) is 0 Å². The van der Waals surface area contributed by atoms with Gasteiger partial charge in [0, 0.05) is 5.69 Å². The number of hydrogen-bond acceptors (Lipinski definition) is 2. The number of aryl methyl sites for hydroxylation is 1. The van der Waals surface area contributed by atoms with Gasteiger partial charge in [0.15, 0.2) is 0 Å². The highest BCUT2D eigenvalue weighted by Crippen LogP contribution is 2.14. The van der Waals surface area contributed by atoms with E-state index in [1.807, 2.05) is 31.2 Å². The molecule has 0 fully saturated rings. The number of carbonyl (C=O) groups excluding carboxylic acids is 1. The highest BCUT2D eigenvalue weighted by Gasteiger charge is 2.07. The van der Waals surface area contributed by atoms with Crippen LogP contribution < -0.4 is 5.32 Å². The molecule has 0 aliphatic carbocycles. The maximum Gasteiger partial charge on any atom is 0.228 e. The Bertz CT molecular complexity index is 689. The number of nitriles is 1. The molecular formula is C16H13FN2O. The van der Waals surface area contributed by atoms with Crippen LogP contribution in [0.25, 0.3) is 0 Å². The van der Waals surface area contributed by atoms with Crippen molar-refractivity contribution in [3.63, 3.8) is 0 Å². The van der Waals surface area contributed by atoms with Crippen LogP contribution >= 0.6 is 0 Å². The van der Waals surface area contributed by atoms with E-state index in [4.69, 9.17) is 5.26 Å². The maximum atomic E-state index is 13.2. The monoisotopic (exact) mass is 268 g/mol. The molecule has 2 rings (SSSR count). The molecule has 100 valence electrons. The van der Waals surface area contributed by atoms with E-state index in [9.17, 15) is 9.18 Å². The third kappa shape index (κ3) is 3.42. The highest BCUT2D eigenvalue weighted by molar-refractivity contribution is 5.92. The van der Waals surface area contributed by atoms with Gasteiger partial charge >= 0.3 is 0 Å². The van der Waals surface area contributed by atoms with Crippen molar-refractivity contribution in [2.24, 2.45) is 0 Å². The van der Waals surface area contributed by atoms with E-state index in [-0.39, 0.29) is 17.9 Å². The summed E-state index contributed by atoms with van der Waals surface area (Å²) in [5.41, 5.74) is 2.33. The van der Waals surface area contributed by atoms with Gasteiger partial charge in [-0.3, -0.25) is 4.79 Å². The summed E-state index contributed by atoms with van der Waals surface area (Å²) in [7, 11) is 0. The molecule has 3 nitrogen and oxygen atoms in total. The van der Waals surface area contributed by atoms with Crippen LogP contribution in [-0.4, -0.2) is 5.91 Å². The zero-order valence-electron chi connectivity index (χ0n) is 11.0. The predicted molar refractivity (Wildman–Crippen MR) is 74.6 cm³/mol. The largest absolute Gasteiger partial charge is 0.326 e. The van der Waals surface area contributed by atoms with Crippen molar-refractivity contribution in [1.29, 1.82) is 5.26 Å². The van der Waals surface area contributed by atoms with Crippen LogP contribution in [0.3, 0.4) is 0 Å². The van der Waals surface area contributed by atoms with Gasteiger partial charge in [-0.15, -0.1) is 0 Å². The Morgan fingerprint density at radius 2 is 2.10 bits per heavy atom. The first-order valence-corrected chi connectivity index (χ1v) is 6.13. The molecule has 0 unspecified atom stereocenters. The van der Waals surface area contributed by atoms with Gasteiger partial charge in [-0.2, -0.15) is 5.26 Å². The maximum absolute atomic E-state index is 13.2. The fourth-order valence-corrected chi connectivity index (χ4v) is 1.90. The van der Waals surface area contributed by atoms with Crippen molar-refractivity contribution in [2.45, 2.75) is 13.3 Å². The van der Waals surface area contributed by atoms with E-state index in [0.717, 1.165) is 11.1 Å². The van der Waals surface area contributed by atoms with Gasteiger partial charge in [0.2, 0.25) is 5.91 Å². The average molecular weight is 268 g/mol. The normalized spacial score (nSPS) is 9.85. The summed E-state index contributed by atoms with van der Waals surface area (Å²) in [6.07, 6.45) is 0.237. The lowest BCUT2D eigenvalue weighted by molar-refractivity contribution is -0.115. The molecule has 0 aromatic heterocycles. The summed E-state index contributed by atoms with van der Waals surface area (Å²) in [4.78, 5) is 11.9. The third-order valence-corrected chi connectivity index (χ3v) is 2.82. The van der Waals surface area contributed by atoms with Gasteiger partial charge in [-0.25, -0.2) is 4.39 Å². The molecule has 0 heterocycles. The van der Waals surface area contributed by atoms with E-state index in [1.165, 1.54) is 18.2 Å². The number of carbonyl (C=O) groups is 1. The van der Waals surface area contributed by atoms with Crippen LogP contribution in [0.4, 0.5) is 10.1 Å². The van der Waals surface area contributed by atoms with E-state index in [1.54, 1.807) is 6.07 Å². The summed E-state index contributed by atoms with van der Waals surface area (Å²) >= 11 is 0. The minimum absolute atomic E-state index is 0.0849. The van der Waals surface area contributed by atoms with Gasteiger partial charge in [0.1, 0.15) is 11.9 Å². The fraction of sp³-hybridized carbons (Fsp3) is 0.125. The second kappa shape index (κ2) is 5.98. The third-order valence-electron chi connectivity index (χ3n) is 2.82. The molecule has 2 aromatic rings. The van der Waals surface area contributed by atoms with Crippen molar-refractivity contribution in [1.82, 2.24) is 0 Å². The first kappa shape index (κ1) is 13.8. The first-order chi connectivity index (χ1) is 9.58. The minimum atomic E-state index is -0.593. The summed E-state index contributed by atoms with van der Waals surface area (Å²) < 4.78 is 13.2. The molecule has 0 bridgehead atoms. The molecule has 0 saturated carbocycles. The topological polar surface area (TPSA) is 52.9 Å². The lowest BCUT2D eigenvalue weighted by Gasteiger charge is -2.06. The van der Waals surface area contributed by atoms with E-state index in [0.29, 0.717) is 5.69 Å². The molecule has 0 aliphatic rings. The second-order valence-corrected chi connectivity index (χ2v) is 4.52. The summed E-state index contributed by atoms with van der Waals surface area (Å²) in [6, 6.07) is 13.3. The number of nitrogens with zero attached hydrogens (tertiary/aromatic N) is 1. The number of nitrogens with one attached hydrogen (secondary N) is 1. The molecule has 0 atom stereocenters. The number of rotatable bonds is 3. The van der Waals surface area contributed by atoms with Gasteiger partial charge in [-0.05, 0) is 30.7 Å². The Hall–Kier alpha value is -2.67.